The van der Waals surface area contributed by atoms with E-state index in [2.05, 4.69) is 30.7 Å². The normalized spacial score (nSPS) is 11.8. The average molecular weight is 434 g/mol. The molecular weight excluding hydrogens is 418 g/mol. The lowest BCUT2D eigenvalue weighted by atomic mass is 10.2. The van der Waals surface area contributed by atoms with Crippen molar-refractivity contribution in [1.82, 2.24) is 14.8 Å². The minimum Gasteiger partial charge on any atom is -0.477 e. The third-order valence-electron chi connectivity index (χ3n) is 3.76. The van der Waals surface area contributed by atoms with E-state index in [0.29, 0.717) is 5.89 Å². The summed E-state index contributed by atoms with van der Waals surface area (Å²) in [4.78, 5) is 11.7. The molecule has 0 aliphatic rings. The molecule has 1 N–H and O–H groups in total. The fourth-order valence-electron chi connectivity index (χ4n) is 2.61. The summed E-state index contributed by atoms with van der Waals surface area (Å²) in [6, 6.07) is 9.91. The molecule has 6 nitrogen and oxygen atoms in total. The molecule has 0 amide bonds. The number of carboxylic acids is 1. The first-order valence-corrected chi connectivity index (χ1v) is 9.34. The van der Waals surface area contributed by atoms with Crippen LogP contribution in [0.15, 0.2) is 49.3 Å². The summed E-state index contributed by atoms with van der Waals surface area (Å²) in [6.45, 7) is 5.61. The number of aromatic nitrogens is 3. The maximum atomic E-state index is 11.6. The topological polar surface area (TPSA) is 81.2 Å². The Bertz CT molecular complexity index is 990. The molecule has 0 aliphatic heterocycles. The van der Waals surface area contributed by atoms with Crippen LogP contribution in [0.2, 0.25) is 0 Å². The standard InChI is InChI=1S/C18H16BrN3O3S/c1-10-8-13(11(2)22(10)15-6-4-14(19)5-7-15)9-16(17(23)24)26-18-21-20-12(3)25-18/h4-9H,1-3H3,(H,23,24)/b16-9-. The monoisotopic (exact) mass is 433 g/mol. The van der Waals surface area contributed by atoms with Gasteiger partial charge in [-0.05, 0) is 67.6 Å². The molecule has 0 unspecified atom stereocenters. The molecular formula is C18H16BrN3O3S. The second-order valence-corrected chi connectivity index (χ2v) is 7.55. The largest absolute Gasteiger partial charge is 0.477 e. The van der Waals surface area contributed by atoms with E-state index < -0.39 is 5.97 Å². The Morgan fingerprint density at radius 3 is 2.50 bits per heavy atom. The lowest BCUT2D eigenvalue weighted by molar-refractivity contribution is -0.131. The number of aryl methyl sites for hydroxylation is 2. The van der Waals surface area contributed by atoms with Gasteiger partial charge >= 0.3 is 5.97 Å². The smallest absolute Gasteiger partial charge is 0.342 e. The van der Waals surface area contributed by atoms with E-state index in [0.717, 1.165) is 38.9 Å². The molecule has 2 aromatic heterocycles. The molecule has 0 radical (unpaired) electrons. The maximum Gasteiger partial charge on any atom is 0.342 e. The van der Waals surface area contributed by atoms with Gasteiger partial charge in [-0.2, -0.15) is 0 Å². The van der Waals surface area contributed by atoms with Gasteiger partial charge in [0.05, 0.1) is 0 Å². The van der Waals surface area contributed by atoms with Crippen LogP contribution in [-0.4, -0.2) is 25.8 Å². The number of hydrogen-bond donors (Lipinski definition) is 1. The highest BCUT2D eigenvalue weighted by atomic mass is 79.9. The Morgan fingerprint density at radius 2 is 1.92 bits per heavy atom. The van der Waals surface area contributed by atoms with E-state index in [9.17, 15) is 9.90 Å². The van der Waals surface area contributed by atoms with Crippen molar-refractivity contribution in [3.63, 3.8) is 0 Å². The van der Waals surface area contributed by atoms with Gasteiger partial charge in [0, 0.05) is 28.5 Å². The van der Waals surface area contributed by atoms with Crippen molar-refractivity contribution >= 4 is 39.7 Å². The van der Waals surface area contributed by atoms with Gasteiger partial charge in [-0.25, -0.2) is 4.79 Å². The summed E-state index contributed by atoms with van der Waals surface area (Å²) in [5.41, 5.74) is 3.80. The highest BCUT2D eigenvalue weighted by molar-refractivity contribution is 9.10. The van der Waals surface area contributed by atoms with E-state index in [1.807, 2.05) is 44.2 Å². The van der Waals surface area contributed by atoms with E-state index in [4.69, 9.17) is 4.42 Å². The number of rotatable bonds is 5. The molecule has 0 spiro atoms. The lowest BCUT2D eigenvalue weighted by Crippen LogP contribution is -1.99. The summed E-state index contributed by atoms with van der Waals surface area (Å²) < 4.78 is 8.35. The molecule has 1 aromatic carbocycles. The van der Waals surface area contributed by atoms with Crippen LogP contribution < -0.4 is 0 Å². The highest BCUT2D eigenvalue weighted by Crippen LogP contribution is 2.30. The predicted molar refractivity (Wildman–Crippen MR) is 103 cm³/mol. The zero-order chi connectivity index (χ0) is 18.8. The first-order chi connectivity index (χ1) is 12.3. The van der Waals surface area contributed by atoms with Crippen LogP contribution in [-0.2, 0) is 4.79 Å². The third kappa shape index (κ3) is 3.91. The summed E-state index contributed by atoms with van der Waals surface area (Å²) in [5, 5.41) is 17.3. The van der Waals surface area contributed by atoms with Crippen molar-refractivity contribution in [1.29, 1.82) is 0 Å². The van der Waals surface area contributed by atoms with Crippen LogP contribution in [0.1, 0.15) is 22.8 Å². The van der Waals surface area contributed by atoms with E-state index in [-0.39, 0.29) is 10.1 Å². The quantitative estimate of drug-likeness (QED) is 0.461. The van der Waals surface area contributed by atoms with Crippen molar-refractivity contribution in [3.05, 3.63) is 62.6 Å². The number of hydrogen-bond acceptors (Lipinski definition) is 5. The fourth-order valence-corrected chi connectivity index (χ4v) is 3.58. The van der Waals surface area contributed by atoms with E-state index >= 15 is 0 Å². The van der Waals surface area contributed by atoms with Crippen molar-refractivity contribution in [3.8, 4) is 5.69 Å². The zero-order valence-electron chi connectivity index (χ0n) is 14.4. The fraction of sp³-hybridized carbons (Fsp3) is 0.167. The van der Waals surface area contributed by atoms with Gasteiger partial charge < -0.3 is 14.1 Å². The summed E-state index contributed by atoms with van der Waals surface area (Å²) in [5.74, 6) is -0.648. The van der Waals surface area contributed by atoms with Gasteiger partial charge in [0.1, 0.15) is 4.91 Å². The Hall–Kier alpha value is -2.32. The molecule has 0 aliphatic carbocycles. The van der Waals surface area contributed by atoms with Crippen LogP contribution >= 0.6 is 27.7 Å². The average Bonchev–Trinajstić information content (AvgIpc) is 3.11. The summed E-state index contributed by atoms with van der Waals surface area (Å²) in [7, 11) is 0. The van der Waals surface area contributed by atoms with Crippen LogP contribution in [0, 0.1) is 20.8 Å². The minimum absolute atomic E-state index is 0.115. The van der Waals surface area contributed by atoms with Crippen LogP contribution in [0.25, 0.3) is 11.8 Å². The number of nitrogens with zero attached hydrogens (tertiary/aromatic N) is 3. The second kappa shape index (κ2) is 7.51. The summed E-state index contributed by atoms with van der Waals surface area (Å²) >= 11 is 4.38. The molecule has 26 heavy (non-hydrogen) atoms. The van der Waals surface area contributed by atoms with E-state index in [1.54, 1.807) is 13.0 Å². The second-order valence-electron chi connectivity index (χ2n) is 5.64. The van der Waals surface area contributed by atoms with Gasteiger partial charge in [-0.1, -0.05) is 15.9 Å². The minimum atomic E-state index is -1.04. The number of carboxylic acid groups (broad SMARTS) is 1. The van der Waals surface area contributed by atoms with E-state index in [1.165, 1.54) is 0 Å². The number of benzene rings is 1. The van der Waals surface area contributed by atoms with Crippen molar-refractivity contribution in [2.45, 2.75) is 26.0 Å². The molecule has 3 rings (SSSR count). The Labute approximate surface area is 163 Å². The molecule has 0 atom stereocenters. The first-order valence-electron chi connectivity index (χ1n) is 7.73. The molecule has 3 aromatic rings. The Morgan fingerprint density at radius 1 is 1.23 bits per heavy atom. The van der Waals surface area contributed by atoms with Gasteiger partial charge in [-0.3, -0.25) is 0 Å². The molecule has 0 bridgehead atoms. The molecule has 8 heteroatoms. The molecule has 2 heterocycles. The molecule has 0 fully saturated rings. The van der Waals surface area contributed by atoms with Crippen molar-refractivity contribution in [2.75, 3.05) is 0 Å². The molecule has 0 saturated carbocycles. The van der Waals surface area contributed by atoms with Crippen LogP contribution in [0.5, 0.6) is 0 Å². The Balaban J connectivity index is 1.99. The molecule has 134 valence electrons. The number of carbonyl (C=O) groups is 1. The maximum absolute atomic E-state index is 11.6. The van der Waals surface area contributed by atoms with Crippen LogP contribution in [0.4, 0.5) is 0 Å². The number of thioether (sulfide) groups is 1. The van der Waals surface area contributed by atoms with Gasteiger partial charge in [-0.15, -0.1) is 10.2 Å². The SMILES string of the molecule is Cc1nnc(S/C(=C\c2cc(C)n(-c3ccc(Br)cc3)c2C)C(=O)O)o1. The summed E-state index contributed by atoms with van der Waals surface area (Å²) in [6.07, 6.45) is 1.63. The van der Waals surface area contributed by atoms with Crippen molar-refractivity contribution < 1.29 is 14.3 Å². The van der Waals surface area contributed by atoms with Gasteiger partial charge in [0.2, 0.25) is 5.89 Å². The van der Waals surface area contributed by atoms with Gasteiger partial charge in [0.25, 0.3) is 5.22 Å². The zero-order valence-corrected chi connectivity index (χ0v) is 16.8. The Kier molecular flexibility index (Phi) is 5.33. The van der Waals surface area contributed by atoms with Gasteiger partial charge in [0.15, 0.2) is 0 Å². The highest BCUT2D eigenvalue weighted by Gasteiger charge is 2.17. The third-order valence-corrected chi connectivity index (χ3v) is 5.14. The predicted octanol–water partition coefficient (Wildman–Crippen LogP) is 4.77. The number of aliphatic carboxylic acids is 1. The van der Waals surface area contributed by atoms with Crippen molar-refractivity contribution in [2.24, 2.45) is 0 Å². The lowest BCUT2D eigenvalue weighted by Gasteiger charge is -2.09. The van der Waals surface area contributed by atoms with Crippen LogP contribution in [0.3, 0.4) is 0 Å². The first kappa shape index (κ1) is 18.5. The molecule has 0 saturated heterocycles. The number of halogens is 1.